The lowest BCUT2D eigenvalue weighted by Crippen LogP contribution is -2.48. The predicted octanol–water partition coefficient (Wildman–Crippen LogP) is 4.07. The largest absolute Gasteiger partial charge is 0.475 e. The topological polar surface area (TPSA) is 107 Å². The van der Waals surface area contributed by atoms with Gasteiger partial charge in [-0.15, -0.1) is 4.57 Å². The Hall–Kier alpha value is -3.78. The van der Waals surface area contributed by atoms with Crippen molar-refractivity contribution in [2.45, 2.75) is 58.7 Å². The van der Waals surface area contributed by atoms with Gasteiger partial charge in [-0.05, 0) is 69.9 Å². The molecule has 0 aliphatic carbocycles. The van der Waals surface area contributed by atoms with E-state index >= 15 is 0 Å². The molecule has 1 fully saturated rings. The van der Waals surface area contributed by atoms with E-state index in [1.807, 2.05) is 50.5 Å². The molecule has 4 heterocycles. The second-order valence-corrected chi connectivity index (χ2v) is 11.3. The number of amides is 1. The van der Waals surface area contributed by atoms with Crippen molar-refractivity contribution in [3.63, 3.8) is 0 Å². The molecule has 4 rings (SSSR count). The van der Waals surface area contributed by atoms with Crippen LogP contribution in [0.1, 0.15) is 53.4 Å². The third kappa shape index (κ3) is 8.86. The van der Waals surface area contributed by atoms with Gasteiger partial charge < -0.3 is 24.6 Å². The first kappa shape index (κ1) is 32.1. The lowest BCUT2D eigenvalue weighted by atomic mass is 9.99. The van der Waals surface area contributed by atoms with Crippen molar-refractivity contribution in [2.75, 3.05) is 44.9 Å². The van der Waals surface area contributed by atoms with E-state index in [1.54, 1.807) is 19.4 Å². The molecule has 228 valence electrons. The maximum atomic E-state index is 12.8. The normalized spacial score (nSPS) is 14.6. The maximum absolute atomic E-state index is 12.8. The monoisotopic (exact) mass is 606 g/mol. The molecule has 3 aromatic rings. The number of rotatable bonds is 13. The molecule has 43 heavy (non-hydrogen) atoms. The van der Waals surface area contributed by atoms with Gasteiger partial charge in [-0.2, -0.15) is 0 Å². The number of halogens is 1. The molecule has 0 spiro atoms. The summed E-state index contributed by atoms with van der Waals surface area (Å²) in [5.74, 6) is 0.458. The summed E-state index contributed by atoms with van der Waals surface area (Å²) in [5.41, 5.74) is 4.14. The van der Waals surface area contributed by atoms with Crippen molar-refractivity contribution in [3.8, 4) is 12.1 Å². The Kier molecular flexibility index (Phi) is 11.7. The highest BCUT2D eigenvalue weighted by molar-refractivity contribution is 6.29. The second kappa shape index (κ2) is 15.6. The van der Waals surface area contributed by atoms with Crippen molar-refractivity contribution in [1.29, 1.82) is 5.26 Å². The molecule has 1 aliphatic rings. The van der Waals surface area contributed by atoms with Gasteiger partial charge in [0.2, 0.25) is 5.88 Å². The average molecular weight is 607 g/mol. The molecule has 1 aliphatic heterocycles. The predicted molar refractivity (Wildman–Crippen MR) is 165 cm³/mol. The summed E-state index contributed by atoms with van der Waals surface area (Å²) in [4.78, 5) is 26.5. The molecule has 11 heteroatoms. The Bertz CT molecular complexity index is 1380. The number of piperidine rings is 1. The van der Waals surface area contributed by atoms with Crippen LogP contribution in [-0.4, -0.2) is 72.8 Å². The Balaban J connectivity index is 1.36. The molecule has 10 nitrogen and oxygen atoms in total. The van der Waals surface area contributed by atoms with E-state index < -0.39 is 0 Å². The standard InChI is InChI=1S/C32H40ClN7O3/c1-23-18-29(33)37-25(3)31(23)32(41)35-12-9-24(2)39-14-10-27(11-15-39)40(21-26-6-5-13-38(20-26)22-34)28-7-8-30(36-19-28)43-17-16-42-4/h5-8,13,18-20,24,27H,9-12,14-17,21H2,1-4H3/p+1/t24-/m1/s1. The van der Waals surface area contributed by atoms with E-state index in [0.717, 1.165) is 49.2 Å². The zero-order valence-electron chi connectivity index (χ0n) is 25.4. The van der Waals surface area contributed by atoms with Gasteiger partial charge in [0.05, 0.1) is 29.7 Å². The number of nitrogens with zero attached hydrogens (tertiary/aromatic N) is 6. The Morgan fingerprint density at radius 1 is 1.28 bits per heavy atom. The van der Waals surface area contributed by atoms with Crippen LogP contribution in [0.5, 0.6) is 5.88 Å². The average Bonchev–Trinajstić information content (AvgIpc) is 3.00. The van der Waals surface area contributed by atoms with Crippen LogP contribution in [0.2, 0.25) is 5.15 Å². The molecule has 0 unspecified atom stereocenters. The first-order valence-corrected chi connectivity index (χ1v) is 15.1. The van der Waals surface area contributed by atoms with Crippen LogP contribution in [0.4, 0.5) is 5.69 Å². The van der Waals surface area contributed by atoms with Gasteiger partial charge in [0, 0.05) is 57.0 Å². The number of nitriles is 1. The number of aryl methyl sites for hydroxylation is 2. The fourth-order valence-electron chi connectivity index (χ4n) is 5.60. The number of pyridine rings is 3. The summed E-state index contributed by atoms with van der Waals surface area (Å²) in [7, 11) is 1.64. The number of nitrogens with one attached hydrogen (secondary N) is 1. The lowest BCUT2D eigenvalue weighted by Gasteiger charge is -2.41. The lowest BCUT2D eigenvalue weighted by molar-refractivity contribution is -0.586. The Morgan fingerprint density at radius 3 is 2.74 bits per heavy atom. The summed E-state index contributed by atoms with van der Waals surface area (Å²) >= 11 is 6.03. The van der Waals surface area contributed by atoms with Crippen LogP contribution in [0.3, 0.4) is 0 Å². The Labute approximate surface area is 259 Å². The van der Waals surface area contributed by atoms with Gasteiger partial charge >= 0.3 is 6.19 Å². The molecule has 1 N–H and O–H groups in total. The highest BCUT2D eigenvalue weighted by atomic mass is 35.5. The van der Waals surface area contributed by atoms with E-state index in [2.05, 4.69) is 38.2 Å². The minimum absolute atomic E-state index is 0.108. The highest BCUT2D eigenvalue weighted by Gasteiger charge is 2.28. The van der Waals surface area contributed by atoms with E-state index in [4.69, 9.17) is 21.1 Å². The number of anilines is 1. The third-order valence-corrected chi connectivity index (χ3v) is 8.12. The number of carbonyl (C=O) groups excluding carboxylic acids is 1. The zero-order valence-corrected chi connectivity index (χ0v) is 26.2. The quantitative estimate of drug-likeness (QED) is 0.176. The van der Waals surface area contributed by atoms with E-state index in [0.29, 0.717) is 60.7 Å². The van der Waals surface area contributed by atoms with Crippen molar-refractivity contribution in [2.24, 2.45) is 0 Å². The van der Waals surface area contributed by atoms with Gasteiger partial charge in [0.15, 0.2) is 5.26 Å². The zero-order chi connectivity index (χ0) is 30.8. The molecule has 0 saturated carbocycles. The number of aromatic nitrogens is 3. The van der Waals surface area contributed by atoms with Crippen LogP contribution < -0.4 is 19.5 Å². The second-order valence-electron chi connectivity index (χ2n) is 10.9. The van der Waals surface area contributed by atoms with Crippen molar-refractivity contribution in [3.05, 3.63) is 76.5 Å². The van der Waals surface area contributed by atoms with Crippen LogP contribution in [0.25, 0.3) is 0 Å². The van der Waals surface area contributed by atoms with Crippen LogP contribution in [-0.2, 0) is 11.3 Å². The van der Waals surface area contributed by atoms with Crippen molar-refractivity contribution >= 4 is 23.2 Å². The van der Waals surface area contributed by atoms with E-state index in [1.165, 1.54) is 4.57 Å². The number of likely N-dealkylation sites (tertiary alicyclic amines) is 1. The summed E-state index contributed by atoms with van der Waals surface area (Å²) in [6, 6.07) is 10.3. The smallest absolute Gasteiger partial charge is 0.463 e. The fraction of sp³-hybridized carbons (Fsp3) is 0.469. The van der Waals surface area contributed by atoms with Gasteiger partial charge in [0.25, 0.3) is 5.91 Å². The van der Waals surface area contributed by atoms with E-state index in [-0.39, 0.29) is 5.91 Å². The van der Waals surface area contributed by atoms with Gasteiger partial charge in [-0.25, -0.2) is 9.97 Å². The first-order valence-electron chi connectivity index (χ1n) is 14.7. The Morgan fingerprint density at radius 2 is 2.07 bits per heavy atom. The molecule has 0 bridgehead atoms. The minimum atomic E-state index is -0.108. The molecule has 1 amide bonds. The summed E-state index contributed by atoms with van der Waals surface area (Å²) in [6.45, 7) is 10.0. The summed E-state index contributed by atoms with van der Waals surface area (Å²) < 4.78 is 12.3. The molecule has 0 radical (unpaired) electrons. The summed E-state index contributed by atoms with van der Waals surface area (Å²) in [5, 5.41) is 12.8. The SMILES string of the molecule is COCCOc1ccc(N(Cc2ccc[n+](C#N)c2)C2CCN([C@H](C)CCNC(=O)c3c(C)cc(Cl)nc3C)CC2)cn1. The van der Waals surface area contributed by atoms with Gasteiger partial charge in [0.1, 0.15) is 24.2 Å². The van der Waals surface area contributed by atoms with E-state index in [9.17, 15) is 10.1 Å². The molecule has 1 atom stereocenters. The van der Waals surface area contributed by atoms with Gasteiger partial charge in [-0.3, -0.25) is 4.79 Å². The number of hydrogen-bond acceptors (Lipinski definition) is 8. The molecule has 0 aromatic carbocycles. The minimum Gasteiger partial charge on any atom is -0.475 e. The molecular weight excluding hydrogens is 566 g/mol. The van der Waals surface area contributed by atoms with Crippen LogP contribution in [0.15, 0.2) is 48.9 Å². The number of ether oxygens (including phenoxy) is 2. The van der Waals surface area contributed by atoms with Crippen LogP contribution in [0, 0.1) is 25.3 Å². The molecule has 1 saturated heterocycles. The first-order chi connectivity index (χ1) is 20.8. The fourth-order valence-corrected chi connectivity index (χ4v) is 5.89. The number of methoxy groups -OCH3 is 1. The van der Waals surface area contributed by atoms with Crippen LogP contribution >= 0.6 is 11.6 Å². The maximum Gasteiger partial charge on any atom is 0.463 e. The van der Waals surface area contributed by atoms with Gasteiger partial charge in [-0.1, -0.05) is 11.6 Å². The summed E-state index contributed by atoms with van der Waals surface area (Å²) in [6.07, 6.45) is 10.5. The number of carbonyl (C=O) groups is 1. The molecule has 3 aromatic heterocycles. The van der Waals surface area contributed by atoms with Crippen molar-refractivity contribution in [1.82, 2.24) is 20.2 Å². The highest BCUT2D eigenvalue weighted by Crippen LogP contribution is 2.27. The van der Waals surface area contributed by atoms with Crippen molar-refractivity contribution < 1.29 is 18.8 Å². The molecular formula is C32H41ClN7O3+. The third-order valence-electron chi connectivity index (χ3n) is 7.92. The number of hydrogen-bond donors (Lipinski definition) is 1.